The van der Waals surface area contributed by atoms with Crippen LogP contribution >= 0.6 is 11.5 Å². The molecule has 0 radical (unpaired) electrons. The fourth-order valence-corrected chi connectivity index (χ4v) is 2.54. The van der Waals surface area contributed by atoms with Gasteiger partial charge in [0.2, 0.25) is 5.13 Å². The predicted molar refractivity (Wildman–Crippen MR) is 69.1 cm³/mol. The van der Waals surface area contributed by atoms with Crippen LogP contribution in [0.25, 0.3) is 0 Å². The Labute approximate surface area is 102 Å². The van der Waals surface area contributed by atoms with Gasteiger partial charge in [-0.15, -0.1) is 0 Å². The maximum atomic E-state index is 4.54. The van der Waals surface area contributed by atoms with Crippen LogP contribution in [0.3, 0.4) is 0 Å². The van der Waals surface area contributed by atoms with Gasteiger partial charge in [0.25, 0.3) is 0 Å². The number of hydrogen-bond donors (Lipinski definition) is 1. The molecule has 1 N–H and O–H groups in total. The Kier molecular flexibility index (Phi) is 4.16. The van der Waals surface area contributed by atoms with Gasteiger partial charge < -0.3 is 5.32 Å². The van der Waals surface area contributed by atoms with Gasteiger partial charge in [-0.3, -0.25) is 0 Å². The lowest BCUT2D eigenvalue weighted by Crippen LogP contribution is -2.14. The van der Waals surface area contributed by atoms with E-state index in [2.05, 4.69) is 28.5 Å². The van der Waals surface area contributed by atoms with Crippen molar-refractivity contribution in [2.75, 3.05) is 5.32 Å². The van der Waals surface area contributed by atoms with Crippen molar-refractivity contribution in [3.8, 4) is 0 Å². The Morgan fingerprint density at radius 3 is 2.94 bits per heavy atom. The van der Waals surface area contributed by atoms with Crippen molar-refractivity contribution < 1.29 is 0 Å². The summed E-state index contributed by atoms with van der Waals surface area (Å²) in [5, 5.41) is 4.45. The second-order valence-electron chi connectivity index (χ2n) is 4.77. The summed E-state index contributed by atoms with van der Waals surface area (Å²) >= 11 is 1.51. The summed E-state index contributed by atoms with van der Waals surface area (Å²) in [5.41, 5.74) is 0. The minimum atomic E-state index is 0.520. The summed E-state index contributed by atoms with van der Waals surface area (Å²) in [7, 11) is 0. The average Bonchev–Trinajstić information content (AvgIpc) is 3.01. The zero-order valence-electron chi connectivity index (χ0n) is 10.2. The highest BCUT2D eigenvalue weighted by Crippen LogP contribution is 2.39. The Bertz CT molecular complexity index is 320. The molecule has 1 aromatic heterocycles. The van der Waals surface area contributed by atoms with Gasteiger partial charge in [0.1, 0.15) is 5.82 Å². The molecule has 0 amide bonds. The number of rotatable bonds is 7. The molecule has 1 heterocycles. The van der Waals surface area contributed by atoms with Crippen molar-refractivity contribution >= 4 is 16.7 Å². The summed E-state index contributed by atoms with van der Waals surface area (Å²) in [6, 6.07) is 0.520. The standard InChI is InChI=1S/C12H21N3S/c1-3-4-5-6-9(2)13-12-14-11(15-16-12)10-7-8-10/h9-10H,3-8H2,1-2H3,(H,13,14,15). The van der Waals surface area contributed by atoms with Gasteiger partial charge in [-0.25, -0.2) is 4.98 Å². The molecule has 1 atom stereocenters. The van der Waals surface area contributed by atoms with Crippen LogP contribution in [-0.2, 0) is 0 Å². The van der Waals surface area contributed by atoms with Crippen molar-refractivity contribution in [3.63, 3.8) is 0 Å². The normalized spacial score (nSPS) is 17.4. The number of anilines is 1. The second kappa shape index (κ2) is 5.62. The van der Waals surface area contributed by atoms with Gasteiger partial charge >= 0.3 is 0 Å². The minimum absolute atomic E-state index is 0.520. The number of nitrogens with zero attached hydrogens (tertiary/aromatic N) is 2. The first-order valence-corrected chi connectivity index (χ1v) is 7.17. The lowest BCUT2D eigenvalue weighted by atomic mass is 10.1. The second-order valence-corrected chi connectivity index (χ2v) is 5.53. The summed E-state index contributed by atoms with van der Waals surface area (Å²) in [5.74, 6) is 1.73. The largest absolute Gasteiger partial charge is 0.358 e. The Morgan fingerprint density at radius 1 is 1.44 bits per heavy atom. The summed E-state index contributed by atoms with van der Waals surface area (Å²) < 4.78 is 4.40. The topological polar surface area (TPSA) is 37.8 Å². The van der Waals surface area contributed by atoms with Crippen molar-refractivity contribution in [1.82, 2.24) is 9.36 Å². The number of unbranched alkanes of at least 4 members (excludes halogenated alkanes) is 2. The van der Waals surface area contributed by atoms with E-state index in [0.29, 0.717) is 12.0 Å². The van der Waals surface area contributed by atoms with Crippen LogP contribution in [0.4, 0.5) is 5.13 Å². The van der Waals surface area contributed by atoms with Gasteiger partial charge in [-0.1, -0.05) is 26.2 Å². The van der Waals surface area contributed by atoms with Crippen LogP contribution < -0.4 is 5.32 Å². The molecule has 4 heteroatoms. The fraction of sp³-hybridized carbons (Fsp3) is 0.833. The summed E-state index contributed by atoms with van der Waals surface area (Å²) in [6.07, 6.45) is 7.71. The Morgan fingerprint density at radius 2 is 2.25 bits per heavy atom. The molecule has 1 aliphatic rings. The van der Waals surface area contributed by atoms with E-state index in [1.165, 1.54) is 50.1 Å². The molecule has 2 rings (SSSR count). The first kappa shape index (κ1) is 11.8. The number of aromatic nitrogens is 2. The zero-order valence-corrected chi connectivity index (χ0v) is 11.0. The van der Waals surface area contributed by atoms with E-state index in [1.54, 1.807) is 0 Å². The molecule has 16 heavy (non-hydrogen) atoms. The quantitative estimate of drug-likeness (QED) is 0.735. The van der Waals surface area contributed by atoms with Gasteiger partial charge in [0.15, 0.2) is 0 Å². The van der Waals surface area contributed by atoms with E-state index < -0.39 is 0 Å². The molecule has 0 saturated heterocycles. The number of hydrogen-bond acceptors (Lipinski definition) is 4. The van der Waals surface area contributed by atoms with Crippen LogP contribution in [-0.4, -0.2) is 15.4 Å². The van der Waals surface area contributed by atoms with Crippen LogP contribution in [0.15, 0.2) is 0 Å². The molecule has 3 nitrogen and oxygen atoms in total. The van der Waals surface area contributed by atoms with Crippen molar-refractivity contribution in [3.05, 3.63) is 5.82 Å². The number of nitrogens with one attached hydrogen (secondary N) is 1. The zero-order chi connectivity index (χ0) is 11.4. The van der Waals surface area contributed by atoms with E-state index in [9.17, 15) is 0 Å². The maximum Gasteiger partial charge on any atom is 0.202 e. The monoisotopic (exact) mass is 239 g/mol. The molecular weight excluding hydrogens is 218 g/mol. The highest BCUT2D eigenvalue weighted by Gasteiger charge is 2.27. The molecule has 0 spiro atoms. The van der Waals surface area contributed by atoms with Gasteiger partial charge in [0, 0.05) is 23.5 Å². The summed E-state index contributed by atoms with van der Waals surface area (Å²) in [4.78, 5) is 4.54. The highest BCUT2D eigenvalue weighted by atomic mass is 32.1. The lowest BCUT2D eigenvalue weighted by molar-refractivity contribution is 0.614. The first-order chi connectivity index (χ1) is 7.79. The molecule has 0 aromatic carbocycles. The van der Waals surface area contributed by atoms with E-state index >= 15 is 0 Å². The smallest absolute Gasteiger partial charge is 0.202 e. The third-order valence-corrected chi connectivity index (χ3v) is 3.66. The minimum Gasteiger partial charge on any atom is -0.358 e. The van der Waals surface area contributed by atoms with Crippen molar-refractivity contribution in [2.45, 2.75) is 64.3 Å². The molecule has 90 valence electrons. The fourth-order valence-electron chi connectivity index (χ4n) is 1.78. The van der Waals surface area contributed by atoms with Gasteiger partial charge in [-0.2, -0.15) is 4.37 Å². The van der Waals surface area contributed by atoms with E-state index in [4.69, 9.17) is 0 Å². The van der Waals surface area contributed by atoms with Crippen molar-refractivity contribution in [2.24, 2.45) is 0 Å². The predicted octanol–water partition coefficient (Wildman–Crippen LogP) is 3.80. The molecule has 1 saturated carbocycles. The van der Waals surface area contributed by atoms with E-state index in [0.717, 1.165) is 11.0 Å². The Hall–Kier alpha value is -0.640. The Balaban J connectivity index is 1.74. The van der Waals surface area contributed by atoms with Crippen LogP contribution in [0.1, 0.15) is 64.1 Å². The van der Waals surface area contributed by atoms with Crippen LogP contribution in [0, 0.1) is 0 Å². The van der Waals surface area contributed by atoms with Crippen molar-refractivity contribution in [1.29, 1.82) is 0 Å². The molecule has 1 unspecified atom stereocenters. The van der Waals surface area contributed by atoms with E-state index in [1.807, 2.05) is 0 Å². The van der Waals surface area contributed by atoms with E-state index in [-0.39, 0.29) is 0 Å². The van der Waals surface area contributed by atoms with Crippen LogP contribution in [0.2, 0.25) is 0 Å². The third kappa shape index (κ3) is 3.44. The third-order valence-electron chi connectivity index (χ3n) is 2.99. The average molecular weight is 239 g/mol. The van der Waals surface area contributed by atoms with Crippen LogP contribution in [0.5, 0.6) is 0 Å². The SMILES string of the molecule is CCCCCC(C)Nc1nc(C2CC2)ns1. The molecule has 0 aliphatic heterocycles. The molecular formula is C12H21N3S. The molecule has 1 aromatic rings. The maximum absolute atomic E-state index is 4.54. The summed E-state index contributed by atoms with van der Waals surface area (Å²) in [6.45, 7) is 4.47. The van der Waals surface area contributed by atoms with Gasteiger partial charge in [0.05, 0.1) is 0 Å². The van der Waals surface area contributed by atoms with Gasteiger partial charge in [-0.05, 0) is 26.2 Å². The first-order valence-electron chi connectivity index (χ1n) is 6.39. The highest BCUT2D eigenvalue weighted by molar-refractivity contribution is 7.09. The lowest BCUT2D eigenvalue weighted by Gasteiger charge is -2.11. The molecule has 0 bridgehead atoms. The molecule has 1 fully saturated rings. The molecule has 1 aliphatic carbocycles.